The fourth-order valence-electron chi connectivity index (χ4n) is 1.87. The predicted molar refractivity (Wildman–Crippen MR) is 60.0 cm³/mol. The normalized spacial score (nSPS) is 22.3. The summed E-state index contributed by atoms with van der Waals surface area (Å²) in [5.41, 5.74) is 0. The van der Waals surface area contributed by atoms with Gasteiger partial charge in [0.1, 0.15) is 0 Å². The zero-order valence-electron chi connectivity index (χ0n) is 9.40. The number of amides is 1. The van der Waals surface area contributed by atoms with Gasteiger partial charge >= 0.3 is 5.97 Å². The standard InChI is InChI=1S/C11H18N2O3/c1-2-12-9(3-4-10(14)15)7-8-5-6-13-11(8)16/h3-4,8-9,12H,2,5-7H2,1H3,(H,13,16)(H,14,15)/b4-3+/t8-,9+/m0/s1. The van der Waals surface area contributed by atoms with Crippen LogP contribution in [0, 0.1) is 5.92 Å². The fraction of sp³-hybridized carbons (Fsp3) is 0.636. The van der Waals surface area contributed by atoms with E-state index in [1.165, 1.54) is 0 Å². The summed E-state index contributed by atoms with van der Waals surface area (Å²) in [6, 6.07) is -0.0463. The highest BCUT2D eigenvalue weighted by Crippen LogP contribution is 2.16. The summed E-state index contributed by atoms with van der Waals surface area (Å²) in [7, 11) is 0. The molecule has 90 valence electrons. The quantitative estimate of drug-likeness (QED) is 0.563. The number of rotatable bonds is 6. The number of carbonyl (C=O) groups excluding carboxylic acids is 1. The molecule has 5 heteroatoms. The number of likely N-dealkylation sites (N-methyl/N-ethyl adjacent to an activating group) is 1. The molecule has 0 spiro atoms. The minimum atomic E-state index is -0.959. The predicted octanol–water partition coefficient (Wildman–Crippen LogP) is 0.132. The fourth-order valence-corrected chi connectivity index (χ4v) is 1.87. The summed E-state index contributed by atoms with van der Waals surface area (Å²) >= 11 is 0. The second-order valence-corrected chi connectivity index (χ2v) is 3.87. The van der Waals surface area contributed by atoms with Crippen LogP contribution < -0.4 is 10.6 Å². The van der Waals surface area contributed by atoms with Gasteiger partial charge in [-0.2, -0.15) is 0 Å². The molecule has 1 aliphatic rings. The van der Waals surface area contributed by atoms with Crippen LogP contribution in [0.5, 0.6) is 0 Å². The summed E-state index contributed by atoms with van der Waals surface area (Å²) in [5.74, 6) is -0.882. The van der Waals surface area contributed by atoms with Gasteiger partial charge in [-0.1, -0.05) is 13.0 Å². The first-order chi connectivity index (χ1) is 7.63. The molecule has 0 bridgehead atoms. The number of aliphatic carboxylic acids is 1. The van der Waals surface area contributed by atoms with E-state index in [1.807, 2.05) is 6.92 Å². The average Bonchev–Trinajstić information content (AvgIpc) is 2.61. The number of carboxylic acid groups (broad SMARTS) is 1. The van der Waals surface area contributed by atoms with Crippen LogP contribution in [0.15, 0.2) is 12.2 Å². The molecule has 0 unspecified atom stereocenters. The first-order valence-corrected chi connectivity index (χ1v) is 5.55. The maximum absolute atomic E-state index is 11.4. The van der Waals surface area contributed by atoms with Crippen LogP contribution in [0.2, 0.25) is 0 Å². The Kier molecular flexibility index (Phi) is 4.98. The highest BCUT2D eigenvalue weighted by atomic mass is 16.4. The monoisotopic (exact) mass is 226 g/mol. The lowest BCUT2D eigenvalue weighted by atomic mass is 9.98. The summed E-state index contributed by atoms with van der Waals surface area (Å²) < 4.78 is 0. The molecule has 2 atom stereocenters. The lowest BCUT2D eigenvalue weighted by Gasteiger charge is -2.16. The largest absolute Gasteiger partial charge is 0.478 e. The van der Waals surface area contributed by atoms with E-state index in [0.29, 0.717) is 6.42 Å². The molecule has 0 aromatic rings. The molecular weight excluding hydrogens is 208 g/mol. The second-order valence-electron chi connectivity index (χ2n) is 3.87. The van der Waals surface area contributed by atoms with E-state index in [-0.39, 0.29) is 17.9 Å². The Bertz CT molecular complexity index is 289. The molecule has 0 aliphatic carbocycles. The van der Waals surface area contributed by atoms with Gasteiger partial charge in [-0.15, -0.1) is 0 Å². The van der Waals surface area contributed by atoms with E-state index in [4.69, 9.17) is 5.11 Å². The average molecular weight is 226 g/mol. The zero-order valence-corrected chi connectivity index (χ0v) is 9.40. The van der Waals surface area contributed by atoms with Gasteiger partial charge in [0, 0.05) is 24.6 Å². The van der Waals surface area contributed by atoms with Gasteiger partial charge in [-0.25, -0.2) is 4.79 Å². The van der Waals surface area contributed by atoms with E-state index >= 15 is 0 Å². The molecule has 16 heavy (non-hydrogen) atoms. The molecular formula is C11H18N2O3. The van der Waals surface area contributed by atoms with Crippen LogP contribution in [-0.4, -0.2) is 36.1 Å². The van der Waals surface area contributed by atoms with Gasteiger partial charge < -0.3 is 15.7 Å². The van der Waals surface area contributed by atoms with Crippen LogP contribution in [0.25, 0.3) is 0 Å². The van der Waals surface area contributed by atoms with Crippen LogP contribution in [0.1, 0.15) is 19.8 Å². The summed E-state index contributed by atoms with van der Waals surface area (Å²) in [6.07, 6.45) is 4.22. The number of carboxylic acids is 1. The van der Waals surface area contributed by atoms with Crippen molar-refractivity contribution in [1.82, 2.24) is 10.6 Å². The minimum absolute atomic E-state index is 0.00231. The van der Waals surface area contributed by atoms with E-state index in [2.05, 4.69) is 10.6 Å². The first kappa shape index (κ1) is 12.7. The van der Waals surface area contributed by atoms with Crippen LogP contribution in [0.4, 0.5) is 0 Å². The van der Waals surface area contributed by atoms with Crippen molar-refractivity contribution in [2.24, 2.45) is 5.92 Å². The molecule has 1 saturated heterocycles. The Balaban J connectivity index is 2.49. The van der Waals surface area contributed by atoms with E-state index in [0.717, 1.165) is 25.6 Å². The van der Waals surface area contributed by atoms with Crippen molar-refractivity contribution in [2.45, 2.75) is 25.8 Å². The SMILES string of the molecule is CCN[C@H](/C=C/C(=O)O)C[C@@H]1CCNC1=O. The van der Waals surface area contributed by atoms with Gasteiger partial charge in [0.05, 0.1) is 0 Å². The van der Waals surface area contributed by atoms with Crippen LogP contribution in [-0.2, 0) is 9.59 Å². The Morgan fingerprint density at radius 1 is 1.75 bits per heavy atom. The van der Waals surface area contributed by atoms with Gasteiger partial charge in [-0.3, -0.25) is 4.79 Å². The van der Waals surface area contributed by atoms with Crippen molar-refractivity contribution in [3.8, 4) is 0 Å². The Hall–Kier alpha value is -1.36. The van der Waals surface area contributed by atoms with Gasteiger partial charge in [-0.05, 0) is 19.4 Å². The molecule has 1 amide bonds. The van der Waals surface area contributed by atoms with E-state index in [9.17, 15) is 9.59 Å². The van der Waals surface area contributed by atoms with E-state index in [1.54, 1.807) is 6.08 Å². The van der Waals surface area contributed by atoms with Crippen molar-refractivity contribution in [2.75, 3.05) is 13.1 Å². The van der Waals surface area contributed by atoms with Gasteiger partial charge in [0.25, 0.3) is 0 Å². The third kappa shape index (κ3) is 4.02. The number of nitrogens with one attached hydrogen (secondary N) is 2. The molecule has 1 fully saturated rings. The van der Waals surface area contributed by atoms with Crippen LogP contribution >= 0.6 is 0 Å². The molecule has 0 aromatic heterocycles. The summed E-state index contributed by atoms with van der Waals surface area (Å²) in [5, 5.41) is 14.5. The Morgan fingerprint density at radius 2 is 2.50 bits per heavy atom. The number of hydrogen-bond donors (Lipinski definition) is 3. The van der Waals surface area contributed by atoms with Crippen molar-refractivity contribution >= 4 is 11.9 Å². The number of hydrogen-bond acceptors (Lipinski definition) is 3. The molecule has 0 saturated carbocycles. The third-order valence-corrected chi connectivity index (χ3v) is 2.64. The van der Waals surface area contributed by atoms with Crippen molar-refractivity contribution in [1.29, 1.82) is 0 Å². The smallest absolute Gasteiger partial charge is 0.328 e. The van der Waals surface area contributed by atoms with Crippen molar-refractivity contribution in [3.63, 3.8) is 0 Å². The minimum Gasteiger partial charge on any atom is -0.478 e. The highest BCUT2D eigenvalue weighted by molar-refractivity contribution is 5.81. The van der Waals surface area contributed by atoms with Crippen LogP contribution in [0.3, 0.4) is 0 Å². The maximum atomic E-state index is 11.4. The van der Waals surface area contributed by atoms with Crippen molar-refractivity contribution in [3.05, 3.63) is 12.2 Å². The number of carbonyl (C=O) groups is 2. The molecule has 5 nitrogen and oxygen atoms in total. The topological polar surface area (TPSA) is 78.4 Å². The second kappa shape index (κ2) is 6.27. The molecule has 0 aromatic carbocycles. The van der Waals surface area contributed by atoms with Gasteiger partial charge in [0.2, 0.25) is 5.91 Å². The molecule has 1 aliphatic heterocycles. The molecule has 1 heterocycles. The van der Waals surface area contributed by atoms with E-state index < -0.39 is 5.97 Å². The Labute approximate surface area is 94.9 Å². The first-order valence-electron chi connectivity index (χ1n) is 5.55. The maximum Gasteiger partial charge on any atom is 0.328 e. The summed E-state index contributed by atoms with van der Waals surface area (Å²) in [4.78, 5) is 21.8. The summed E-state index contributed by atoms with van der Waals surface area (Å²) in [6.45, 7) is 3.43. The molecule has 1 rings (SSSR count). The molecule has 0 radical (unpaired) electrons. The lowest BCUT2D eigenvalue weighted by molar-refractivity contribution is -0.131. The zero-order chi connectivity index (χ0) is 12.0. The molecule has 3 N–H and O–H groups in total. The highest BCUT2D eigenvalue weighted by Gasteiger charge is 2.25. The van der Waals surface area contributed by atoms with Gasteiger partial charge in [0.15, 0.2) is 0 Å². The Morgan fingerprint density at radius 3 is 3.00 bits per heavy atom. The third-order valence-electron chi connectivity index (χ3n) is 2.64. The lowest BCUT2D eigenvalue weighted by Crippen LogP contribution is -2.31. The van der Waals surface area contributed by atoms with Crippen molar-refractivity contribution < 1.29 is 14.7 Å².